The number of methoxy groups -OCH3 is 1. The van der Waals surface area contributed by atoms with Gasteiger partial charge in [-0.25, -0.2) is 0 Å². The van der Waals surface area contributed by atoms with Crippen molar-refractivity contribution in [3.05, 3.63) is 35.9 Å². The van der Waals surface area contributed by atoms with Gasteiger partial charge >= 0.3 is 0 Å². The summed E-state index contributed by atoms with van der Waals surface area (Å²) < 4.78 is 10.3. The van der Waals surface area contributed by atoms with E-state index in [9.17, 15) is 4.79 Å². The first-order valence-electron chi connectivity index (χ1n) is 5.60. The predicted octanol–water partition coefficient (Wildman–Crippen LogP) is 2.45. The van der Waals surface area contributed by atoms with Gasteiger partial charge in [0.15, 0.2) is 11.4 Å². The van der Waals surface area contributed by atoms with Crippen molar-refractivity contribution in [2.24, 2.45) is 0 Å². The maximum absolute atomic E-state index is 11.8. The van der Waals surface area contributed by atoms with Crippen LogP contribution in [0.1, 0.15) is 19.4 Å². The monoisotopic (exact) mass is 232 g/mol. The van der Waals surface area contributed by atoms with E-state index >= 15 is 0 Å². The Bertz CT molecular complexity index is 447. The van der Waals surface area contributed by atoms with E-state index in [4.69, 9.17) is 9.47 Å². The lowest BCUT2D eigenvalue weighted by molar-refractivity contribution is -0.118. The van der Waals surface area contributed by atoms with Crippen molar-refractivity contribution in [2.45, 2.75) is 25.6 Å². The first kappa shape index (κ1) is 11.9. The molecule has 0 N–H and O–H groups in total. The molecule has 1 aliphatic heterocycles. The third-order valence-electron chi connectivity index (χ3n) is 3.17. The van der Waals surface area contributed by atoms with Gasteiger partial charge in [0.1, 0.15) is 5.75 Å². The molecule has 0 saturated carbocycles. The van der Waals surface area contributed by atoms with Crippen LogP contribution in [0.4, 0.5) is 0 Å². The van der Waals surface area contributed by atoms with Crippen LogP contribution in [0.25, 0.3) is 6.08 Å². The molecular formula is C14H16O3. The molecule has 1 saturated heterocycles. The highest BCUT2D eigenvalue weighted by atomic mass is 16.6. The Morgan fingerprint density at radius 1 is 1.41 bits per heavy atom. The molecule has 0 aliphatic carbocycles. The molecule has 0 radical (unpaired) electrons. The molecule has 1 heterocycles. The molecule has 2 atom stereocenters. The molecule has 1 aromatic rings. The van der Waals surface area contributed by atoms with E-state index < -0.39 is 5.60 Å². The number of hydrogen-bond donors (Lipinski definition) is 0. The fourth-order valence-corrected chi connectivity index (χ4v) is 1.64. The Kier molecular flexibility index (Phi) is 3.03. The third kappa shape index (κ3) is 2.39. The summed E-state index contributed by atoms with van der Waals surface area (Å²) in [5.74, 6) is 0.820. The Hall–Kier alpha value is -1.61. The normalized spacial score (nSPS) is 27.1. The van der Waals surface area contributed by atoms with Gasteiger partial charge < -0.3 is 9.47 Å². The Morgan fingerprint density at radius 2 is 2.00 bits per heavy atom. The van der Waals surface area contributed by atoms with Crippen LogP contribution in [0.5, 0.6) is 5.75 Å². The highest BCUT2D eigenvalue weighted by Crippen LogP contribution is 2.36. The number of hydrogen-bond acceptors (Lipinski definition) is 3. The van der Waals surface area contributed by atoms with E-state index in [-0.39, 0.29) is 11.9 Å². The zero-order chi connectivity index (χ0) is 12.5. The number of benzene rings is 1. The van der Waals surface area contributed by atoms with E-state index in [2.05, 4.69) is 0 Å². The quantitative estimate of drug-likeness (QED) is 0.591. The molecule has 90 valence electrons. The summed E-state index contributed by atoms with van der Waals surface area (Å²) in [4.78, 5) is 11.8. The van der Waals surface area contributed by atoms with Gasteiger partial charge in [0.05, 0.1) is 13.2 Å². The summed E-state index contributed by atoms with van der Waals surface area (Å²) in [7, 11) is 1.63. The van der Waals surface area contributed by atoms with Crippen LogP contribution < -0.4 is 4.74 Å². The smallest absolute Gasteiger partial charge is 0.189 e. The molecule has 3 heteroatoms. The summed E-state index contributed by atoms with van der Waals surface area (Å²) in [5.41, 5.74) is 0.360. The molecule has 1 fully saturated rings. The minimum absolute atomic E-state index is 0.0146. The van der Waals surface area contributed by atoms with Crippen molar-refractivity contribution in [1.29, 1.82) is 0 Å². The van der Waals surface area contributed by atoms with Gasteiger partial charge in [-0.15, -0.1) is 0 Å². The Balaban J connectivity index is 2.02. The lowest BCUT2D eigenvalue weighted by atomic mass is 10.0. The topological polar surface area (TPSA) is 38.8 Å². The second kappa shape index (κ2) is 4.34. The SMILES string of the molecule is COc1ccc(/C=C/C(=O)[C@]2(C)O[C@H]2C)cc1. The molecule has 0 unspecified atom stereocenters. The van der Waals surface area contributed by atoms with Crippen molar-refractivity contribution in [1.82, 2.24) is 0 Å². The summed E-state index contributed by atoms with van der Waals surface area (Å²) in [6, 6.07) is 7.54. The first-order valence-corrected chi connectivity index (χ1v) is 5.60. The van der Waals surface area contributed by atoms with Gasteiger partial charge in [-0.3, -0.25) is 4.79 Å². The highest BCUT2D eigenvalue weighted by molar-refractivity contribution is 6.01. The Morgan fingerprint density at radius 3 is 2.47 bits per heavy atom. The number of ketones is 1. The maximum atomic E-state index is 11.8. The van der Waals surface area contributed by atoms with Crippen LogP contribution in [0.3, 0.4) is 0 Å². The predicted molar refractivity (Wildman–Crippen MR) is 66.0 cm³/mol. The maximum Gasteiger partial charge on any atom is 0.189 e. The van der Waals surface area contributed by atoms with E-state index in [1.54, 1.807) is 19.3 Å². The van der Waals surface area contributed by atoms with Crippen LogP contribution in [-0.2, 0) is 9.53 Å². The molecule has 0 aromatic heterocycles. The van der Waals surface area contributed by atoms with Gasteiger partial charge in [-0.2, -0.15) is 0 Å². The Labute approximate surface area is 101 Å². The summed E-state index contributed by atoms with van der Waals surface area (Å²) in [6.07, 6.45) is 3.39. The molecule has 1 aromatic carbocycles. The van der Waals surface area contributed by atoms with Crippen molar-refractivity contribution < 1.29 is 14.3 Å². The number of ether oxygens (including phenoxy) is 2. The van der Waals surface area contributed by atoms with E-state index in [0.717, 1.165) is 11.3 Å². The number of carbonyl (C=O) groups excluding carboxylic acids is 1. The molecule has 3 nitrogen and oxygen atoms in total. The third-order valence-corrected chi connectivity index (χ3v) is 3.17. The number of rotatable bonds is 4. The van der Waals surface area contributed by atoms with Crippen LogP contribution in [0.2, 0.25) is 0 Å². The lowest BCUT2D eigenvalue weighted by Crippen LogP contribution is -2.20. The van der Waals surface area contributed by atoms with E-state index in [1.807, 2.05) is 38.1 Å². The molecule has 1 aliphatic rings. The van der Waals surface area contributed by atoms with Gasteiger partial charge in [-0.05, 0) is 37.6 Å². The lowest BCUT2D eigenvalue weighted by Gasteiger charge is -2.00. The summed E-state index contributed by atoms with van der Waals surface area (Å²) >= 11 is 0. The molecule has 2 rings (SSSR count). The van der Waals surface area contributed by atoms with Crippen molar-refractivity contribution in [2.75, 3.05) is 7.11 Å². The average Bonchev–Trinajstić information content (AvgIpc) is 2.96. The molecule has 0 spiro atoms. The minimum Gasteiger partial charge on any atom is -0.497 e. The summed E-state index contributed by atoms with van der Waals surface area (Å²) in [5, 5.41) is 0. The van der Waals surface area contributed by atoms with Gasteiger partial charge in [0, 0.05) is 0 Å². The van der Waals surface area contributed by atoms with E-state index in [0.29, 0.717) is 0 Å². The van der Waals surface area contributed by atoms with Crippen LogP contribution in [0, 0.1) is 0 Å². The zero-order valence-electron chi connectivity index (χ0n) is 10.3. The fraction of sp³-hybridized carbons (Fsp3) is 0.357. The molecule has 17 heavy (non-hydrogen) atoms. The first-order chi connectivity index (χ1) is 8.06. The second-order valence-electron chi connectivity index (χ2n) is 4.34. The van der Waals surface area contributed by atoms with Crippen LogP contribution in [0.15, 0.2) is 30.3 Å². The highest BCUT2D eigenvalue weighted by Gasteiger charge is 2.54. The average molecular weight is 232 g/mol. The van der Waals surface area contributed by atoms with Gasteiger partial charge in [-0.1, -0.05) is 18.2 Å². The number of epoxide rings is 1. The van der Waals surface area contributed by atoms with E-state index in [1.165, 1.54) is 0 Å². The van der Waals surface area contributed by atoms with Crippen LogP contribution in [-0.4, -0.2) is 24.6 Å². The molecule has 0 amide bonds. The fourth-order valence-electron chi connectivity index (χ4n) is 1.64. The largest absolute Gasteiger partial charge is 0.497 e. The van der Waals surface area contributed by atoms with Crippen LogP contribution >= 0.6 is 0 Å². The van der Waals surface area contributed by atoms with Crippen molar-refractivity contribution >= 4 is 11.9 Å². The van der Waals surface area contributed by atoms with Crippen molar-refractivity contribution in [3.63, 3.8) is 0 Å². The standard InChI is InChI=1S/C14H16O3/c1-10-14(2,17-10)13(15)9-6-11-4-7-12(16-3)8-5-11/h4-10H,1-3H3/b9-6+/t10-,14+/m0/s1. The molecular weight excluding hydrogens is 216 g/mol. The van der Waals surface area contributed by atoms with Gasteiger partial charge in [0.2, 0.25) is 0 Å². The summed E-state index contributed by atoms with van der Waals surface area (Å²) in [6.45, 7) is 3.72. The molecule has 0 bridgehead atoms. The zero-order valence-corrected chi connectivity index (χ0v) is 10.3. The van der Waals surface area contributed by atoms with Crippen molar-refractivity contribution in [3.8, 4) is 5.75 Å². The minimum atomic E-state index is -0.608. The second-order valence-corrected chi connectivity index (χ2v) is 4.34. The van der Waals surface area contributed by atoms with Gasteiger partial charge in [0.25, 0.3) is 0 Å². The number of carbonyl (C=O) groups is 1.